The third-order valence-corrected chi connectivity index (χ3v) is 6.16. The van der Waals surface area contributed by atoms with Gasteiger partial charge in [-0.25, -0.2) is 8.78 Å². The summed E-state index contributed by atoms with van der Waals surface area (Å²) >= 11 is 0. The summed E-state index contributed by atoms with van der Waals surface area (Å²) in [5.41, 5.74) is 3.81. The number of aryl methyl sites for hydroxylation is 2. The van der Waals surface area contributed by atoms with Crippen molar-refractivity contribution in [3.63, 3.8) is 0 Å². The minimum absolute atomic E-state index is 0.187. The normalized spacial score (nSPS) is 17.1. The van der Waals surface area contributed by atoms with Crippen molar-refractivity contribution in [1.82, 2.24) is 14.9 Å². The zero-order valence-electron chi connectivity index (χ0n) is 18.7. The van der Waals surface area contributed by atoms with E-state index in [1.807, 2.05) is 31.2 Å². The second-order valence-corrected chi connectivity index (χ2v) is 8.54. The van der Waals surface area contributed by atoms with E-state index in [0.717, 1.165) is 16.7 Å². The number of pyridine rings is 1. The van der Waals surface area contributed by atoms with Gasteiger partial charge in [-0.2, -0.15) is 9.61 Å². The molecule has 0 spiro atoms. The van der Waals surface area contributed by atoms with Crippen LogP contribution in [0.5, 0.6) is 5.88 Å². The Labute approximate surface area is 194 Å². The molecule has 0 unspecified atom stereocenters. The molecule has 0 radical (unpaired) electrons. The van der Waals surface area contributed by atoms with E-state index in [2.05, 4.69) is 10.4 Å². The van der Waals surface area contributed by atoms with Crippen LogP contribution in [-0.2, 0) is 13.0 Å². The fraction of sp³-hybridized carbons (Fsp3) is 0.231. The Kier molecular flexibility index (Phi) is 5.53. The van der Waals surface area contributed by atoms with E-state index in [-0.39, 0.29) is 24.0 Å². The number of aromatic nitrogens is 2. The number of hydrogen-bond donors (Lipinski definition) is 2. The first-order valence-corrected chi connectivity index (χ1v) is 11.0. The number of rotatable bonds is 5. The number of carbonyl (C=O) groups excluding carboxylic acids is 1. The van der Waals surface area contributed by atoms with E-state index in [4.69, 9.17) is 4.74 Å². The Morgan fingerprint density at radius 1 is 1.15 bits per heavy atom. The molecule has 6 nitrogen and oxygen atoms in total. The summed E-state index contributed by atoms with van der Waals surface area (Å²) < 4.78 is 35.3. The quantitative estimate of drug-likeness (QED) is 0.465. The smallest absolute Gasteiger partial charge is 0.255 e. The lowest BCUT2D eigenvalue weighted by atomic mass is 10.1. The first-order chi connectivity index (χ1) is 16.3. The number of nitrogens with zero attached hydrogens (tertiary/aromatic N) is 2. The van der Waals surface area contributed by atoms with E-state index >= 15 is 0 Å². The lowest BCUT2D eigenvalue weighted by Gasteiger charge is -2.18. The van der Waals surface area contributed by atoms with Gasteiger partial charge in [0.1, 0.15) is 18.2 Å². The fourth-order valence-corrected chi connectivity index (χ4v) is 4.52. The molecule has 0 bridgehead atoms. The van der Waals surface area contributed by atoms with E-state index in [1.54, 1.807) is 19.1 Å². The highest BCUT2D eigenvalue weighted by Crippen LogP contribution is 2.32. The molecule has 4 aromatic rings. The molecular formula is C26H23F2N3O3. The summed E-state index contributed by atoms with van der Waals surface area (Å²) in [5, 5.41) is 17.9. The Bertz CT molecular complexity index is 1400. The lowest BCUT2D eigenvalue weighted by Crippen LogP contribution is -2.34. The minimum Gasteiger partial charge on any atom is -0.473 e. The van der Waals surface area contributed by atoms with Crippen molar-refractivity contribution >= 4 is 11.4 Å². The third kappa shape index (κ3) is 3.80. The van der Waals surface area contributed by atoms with Crippen molar-refractivity contribution in [2.75, 3.05) is 0 Å². The van der Waals surface area contributed by atoms with Crippen LogP contribution in [0, 0.1) is 25.5 Å². The predicted molar refractivity (Wildman–Crippen MR) is 122 cm³/mol. The Morgan fingerprint density at radius 3 is 2.65 bits per heavy atom. The summed E-state index contributed by atoms with van der Waals surface area (Å²) in [6.07, 6.45) is -0.252. The van der Waals surface area contributed by atoms with Crippen LogP contribution in [0.3, 0.4) is 0 Å². The van der Waals surface area contributed by atoms with E-state index < -0.39 is 23.8 Å². The van der Waals surface area contributed by atoms with Gasteiger partial charge in [-0.1, -0.05) is 30.3 Å². The highest BCUT2D eigenvalue weighted by Gasteiger charge is 2.33. The van der Waals surface area contributed by atoms with Gasteiger partial charge in [-0.15, -0.1) is 0 Å². The summed E-state index contributed by atoms with van der Waals surface area (Å²) in [6, 6.07) is 14.2. The molecule has 0 saturated carbocycles. The maximum atomic E-state index is 14.0. The second-order valence-electron chi connectivity index (χ2n) is 8.54. The number of nitrogens with one attached hydrogen (secondary N) is 1. The van der Waals surface area contributed by atoms with Crippen molar-refractivity contribution in [2.24, 2.45) is 0 Å². The summed E-state index contributed by atoms with van der Waals surface area (Å²) in [7, 11) is 0. The van der Waals surface area contributed by atoms with Gasteiger partial charge < -0.3 is 15.2 Å². The van der Waals surface area contributed by atoms with Crippen molar-refractivity contribution < 1.29 is 23.4 Å². The number of aliphatic hydroxyl groups excluding tert-OH is 1. The number of amides is 1. The molecule has 2 aromatic carbocycles. The number of carbonyl (C=O) groups is 1. The molecule has 34 heavy (non-hydrogen) atoms. The number of hydrogen-bond acceptors (Lipinski definition) is 4. The van der Waals surface area contributed by atoms with Crippen molar-refractivity contribution in [3.8, 4) is 5.88 Å². The largest absolute Gasteiger partial charge is 0.473 e. The fourth-order valence-electron chi connectivity index (χ4n) is 4.52. The van der Waals surface area contributed by atoms with Gasteiger partial charge in [0.25, 0.3) is 5.91 Å². The molecule has 1 aliphatic rings. The van der Waals surface area contributed by atoms with Gasteiger partial charge in [0, 0.05) is 12.5 Å². The molecule has 2 aromatic heterocycles. The first-order valence-electron chi connectivity index (χ1n) is 11.0. The summed E-state index contributed by atoms with van der Waals surface area (Å²) in [6.45, 7) is 3.21. The summed E-state index contributed by atoms with van der Waals surface area (Å²) in [5.74, 6) is -1.51. The van der Waals surface area contributed by atoms with Gasteiger partial charge in [0.15, 0.2) is 0 Å². The van der Waals surface area contributed by atoms with E-state index in [1.165, 1.54) is 22.7 Å². The topological polar surface area (TPSA) is 75.9 Å². The standard InChI is InChI=1S/C26H23F2N3O3/c1-14-10-21-24(26(33)29-25-17-7-4-3-6-16(17)12-22(25)32)15(2)30-31(21)23(11-14)34-13-18-19(27)8-5-9-20(18)28/h3-11,22,25,32H,12-13H2,1-2H3,(H,29,33)/t22-,25+/m1/s1. The molecule has 2 N–H and O–H groups in total. The minimum atomic E-state index is -0.722. The maximum absolute atomic E-state index is 14.0. The van der Waals surface area contributed by atoms with Gasteiger partial charge in [0.05, 0.1) is 34.5 Å². The van der Waals surface area contributed by atoms with Gasteiger partial charge in [0.2, 0.25) is 5.88 Å². The second kappa shape index (κ2) is 8.53. The zero-order valence-corrected chi connectivity index (χ0v) is 18.7. The van der Waals surface area contributed by atoms with Crippen molar-refractivity contribution in [3.05, 3.63) is 99.7 Å². The molecule has 2 heterocycles. The average molecular weight is 463 g/mol. The van der Waals surface area contributed by atoms with Crippen LogP contribution >= 0.6 is 0 Å². The molecule has 2 atom stereocenters. The number of benzene rings is 2. The monoisotopic (exact) mass is 463 g/mol. The number of halogens is 2. The number of fused-ring (bicyclic) bond motifs is 2. The van der Waals surface area contributed by atoms with Crippen molar-refractivity contribution in [2.45, 2.75) is 39.0 Å². The molecule has 8 heteroatoms. The average Bonchev–Trinajstić information content (AvgIpc) is 3.29. The first kappa shape index (κ1) is 22.0. The number of aliphatic hydroxyl groups is 1. The highest BCUT2D eigenvalue weighted by molar-refractivity contribution is 6.02. The van der Waals surface area contributed by atoms with Crippen LogP contribution in [0.1, 0.15) is 44.3 Å². The third-order valence-electron chi connectivity index (χ3n) is 6.16. The Hall–Kier alpha value is -3.78. The molecule has 0 fully saturated rings. The van der Waals surface area contributed by atoms with Gasteiger partial charge in [-0.3, -0.25) is 4.79 Å². The zero-order chi connectivity index (χ0) is 24.0. The SMILES string of the molecule is Cc1cc(OCc2c(F)cccc2F)n2nc(C)c(C(=O)N[C@H]3c4ccccc4C[C@H]3O)c2c1. The van der Waals surface area contributed by atoms with Gasteiger partial charge in [-0.05, 0) is 48.7 Å². The Morgan fingerprint density at radius 2 is 1.88 bits per heavy atom. The molecule has 0 aliphatic heterocycles. The van der Waals surface area contributed by atoms with Crippen LogP contribution < -0.4 is 10.1 Å². The molecule has 5 rings (SSSR count). The number of ether oxygens (including phenoxy) is 1. The highest BCUT2D eigenvalue weighted by atomic mass is 19.1. The van der Waals surface area contributed by atoms with Crippen LogP contribution in [0.15, 0.2) is 54.6 Å². The van der Waals surface area contributed by atoms with Crippen molar-refractivity contribution in [1.29, 1.82) is 0 Å². The molecule has 1 amide bonds. The van der Waals surface area contributed by atoms with E-state index in [9.17, 15) is 18.7 Å². The predicted octanol–water partition coefficient (Wildman–Crippen LogP) is 4.20. The van der Waals surface area contributed by atoms with Crippen LogP contribution in [0.2, 0.25) is 0 Å². The van der Waals surface area contributed by atoms with Crippen LogP contribution in [0.4, 0.5) is 8.78 Å². The van der Waals surface area contributed by atoms with Crippen LogP contribution in [-0.4, -0.2) is 26.7 Å². The van der Waals surface area contributed by atoms with E-state index in [0.29, 0.717) is 23.2 Å². The van der Waals surface area contributed by atoms with Crippen LogP contribution in [0.25, 0.3) is 5.52 Å². The summed E-state index contributed by atoms with van der Waals surface area (Å²) in [4.78, 5) is 13.3. The molecule has 174 valence electrons. The Balaban J connectivity index is 1.47. The molecular weight excluding hydrogens is 440 g/mol. The lowest BCUT2D eigenvalue weighted by molar-refractivity contribution is 0.0859. The maximum Gasteiger partial charge on any atom is 0.255 e. The molecule has 0 saturated heterocycles. The molecule has 1 aliphatic carbocycles. The van der Waals surface area contributed by atoms with Gasteiger partial charge >= 0.3 is 0 Å².